The average Bonchev–Trinajstić information content (AvgIpc) is 2.71. The van der Waals surface area contributed by atoms with E-state index < -0.39 is 6.55 Å². The third kappa shape index (κ3) is 1.88. The zero-order chi connectivity index (χ0) is 11.7. The van der Waals surface area contributed by atoms with E-state index in [1.165, 1.54) is 18.5 Å². The molecule has 1 N–H and O–H groups in total. The van der Waals surface area contributed by atoms with Gasteiger partial charge in [-0.25, -0.2) is 4.68 Å². The Morgan fingerprint density at radius 1 is 1.31 bits per heavy atom. The van der Waals surface area contributed by atoms with Crippen molar-refractivity contribution in [1.29, 1.82) is 0 Å². The molecule has 0 atom stereocenters. The molecule has 0 bridgehead atoms. The van der Waals surface area contributed by atoms with E-state index in [9.17, 15) is 13.9 Å². The molecule has 0 aliphatic heterocycles. The average molecular weight is 224 g/mol. The van der Waals surface area contributed by atoms with Crippen LogP contribution in [0.4, 0.5) is 8.78 Å². The summed E-state index contributed by atoms with van der Waals surface area (Å²) in [4.78, 5) is 0. The van der Waals surface area contributed by atoms with E-state index in [0.717, 1.165) is 5.56 Å². The lowest BCUT2D eigenvalue weighted by molar-refractivity contribution is 0.0566. The number of aromatic hydroxyl groups is 1. The Labute approximate surface area is 91.0 Å². The molecule has 0 radical (unpaired) electrons. The molecule has 0 amide bonds. The minimum Gasteiger partial charge on any atom is -0.508 e. The Morgan fingerprint density at radius 3 is 2.62 bits per heavy atom. The van der Waals surface area contributed by atoms with Crippen LogP contribution in [0.2, 0.25) is 0 Å². The van der Waals surface area contributed by atoms with Gasteiger partial charge in [0, 0.05) is 11.8 Å². The number of phenols is 1. The van der Waals surface area contributed by atoms with Crippen molar-refractivity contribution in [3.05, 3.63) is 36.2 Å². The summed E-state index contributed by atoms with van der Waals surface area (Å²) in [5.74, 6) is 0.185. The van der Waals surface area contributed by atoms with Crippen molar-refractivity contribution >= 4 is 0 Å². The van der Waals surface area contributed by atoms with E-state index in [1.807, 2.05) is 0 Å². The molecule has 3 nitrogen and oxygen atoms in total. The molecule has 0 saturated heterocycles. The third-order valence-electron chi connectivity index (χ3n) is 2.33. The first-order valence-electron chi connectivity index (χ1n) is 4.70. The Balaban J connectivity index is 2.39. The Morgan fingerprint density at radius 2 is 2.06 bits per heavy atom. The summed E-state index contributed by atoms with van der Waals surface area (Å²) in [7, 11) is 0. The predicted octanol–water partition coefficient (Wildman–Crippen LogP) is 2.96. The molecule has 84 valence electrons. The molecule has 0 aliphatic carbocycles. The molecule has 0 spiro atoms. The van der Waals surface area contributed by atoms with Gasteiger partial charge in [-0.1, -0.05) is 6.07 Å². The van der Waals surface area contributed by atoms with Crippen LogP contribution in [-0.2, 0) is 0 Å². The lowest BCUT2D eigenvalue weighted by atomic mass is 10.1. The van der Waals surface area contributed by atoms with E-state index in [0.29, 0.717) is 15.8 Å². The van der Waals surface area contributed by atoms with Crippen LogP contribution in [-0.4, -0.2) is 14.9 Å². The first-order valence-corrected chi connectivity index (χ1v) is 4.70. The molecule has 2 rings (SSSR count). The molecule has 5 heteroatoms. The lowest BCUT2D eigenvalue weighted by Crippen LogP contribution is -1.96. The van der Waals surface area contributed by atoms with E-state index >= 15 is 0 Å². The molecule has 2 aromatic rings. The molecule has 1 aromatic carbocycles. The zero-order valence-corrected chi connectivity index (χ0v) is 8.56. The maximum atomic E-state index is 12.3. The van der Waals surface area contributed by atoms with Crippen molar-refractivity contribution in [2.45, 2.75) is 13.5 Å². The van der Waals surface area contributed by atoms with Crippen molar-refractivity contribution < 1.29 is 13.9 Å². The van der Waals surface area contributed by atoms with Crippen molar-refractivity contribution in [2.24, 2.45) is 0 Å². The maximum absolute atomic E-state index is 12.3. The van der Waals surface area contributed by atoms with Gasteiger partial charge < -0.3 is 5.11 Å². The second-order valence-electron chi connectivity index (χ2n) is 3.49. The second-order valence-corrected chi connectivity index (χ2v) is 3.49. The van der Waals surface area contributed by atoms with Gasteiger partial charge in [0.25, 0.3) is 0 Å². The monoisotopic (exact) mass is 224 g/mol. The third-order valence-corrected chi connectivity index (χ3v) is 2.33. The topological polar surface area (TPSA) is 38.0 Å². The number of alkyl halides is 2. The van der Waals surface area contributed by atoms with Crippen LogP contribution in [0.15, 0.2) is 30.6 Å². The molecule has 0 unspecified atom stereocenters. The Hall–Kier alpha value is -1.91. The van der Waals surface area contributed by atoms with Gasteiger partial charge in [-0.3, -0.25) is 0 Å². The highest BCUT2D eigenvalue weighted by molar-refractivity contribution is 5.64. The van der Waals surface area contributed by atoms with Gasteiger partial charge in [-0.2, -0.15) is 13.9 Å². The number of nitrogens with zero attached hydrogens (tertiary/aromatic N) is 2. The maximum Gasteiger partial charge on any atom is 0.333 e. The summed E-state index contributed by atoms with van der Waals surface area (Å²) in [5.41, 5.74) is 2.05. The molecule has 0 saturated carbocycles. The van der Waals surface area contributed by atoms with Gasteiger partial charge in [0.2, 0.25) is 0 Å². The highest BCUT2D eigenvalue weighted by Crippen LogP contribution is 2.25. The van der Waals surface area contributed by atoms with Gasteiger partial charge in [0.05, 0.1) is 6.20 Å². The van der Waals surface area contributed by atoms with Gasteiger partial charge >= 0.3 is 6.55 Å². The smallest absolute Gasteiger partial charge is 0.333 e. The molecular formula is C11H10F2N2O. The number of halogens is 2. The number of phenolic OH excluding ortho intramolecular Hbond substituents is 1. The second kappa shape index (κ2) is 3.92. The van der Waals surface area contributed by atoms with Crippen LogP contribution in [0.25, 0.3) is 11.1 Å². The van der Waals surface area contributed by atoms with E-state index in [4.69, 9.17) is 0 Å². The van der Waals surface area contributed by atoms with Crippen LogP contribution < -0.4 is 0 Å². The summed E-state index contributed by atoms with van der Waals surface area (Å²) < 4.78 is 25.2. The normalized spacial score (nSPS) is 11.0. The van der Waals surface area contributed by atoms with Gasteiger partial charge in [-0.15, -0.1) is 0 Å². The van der Waals surface area contributed by atoms with E-state index in [-0.39, 0.29) is 5.75 Å². The summed E-state index contributed by atoms with van der Waals surface area (Å²) in [6.45, 7) is -0.886. The first-order chi connectivity index (χ1) is 7.58. The first kappa shape index (κ1) is 10.6. The van der Waals surface area contributed by atoms with Crippen LogP contribution in [0.3, 0.4) is 0 Å². The van der Waals surface area contributed by atoms with Crippen LogP contribution in [0.1, 0.15) is 12.1 Å². The SMILES string of the molecule is Cc1cc(-c2cnn(C(F)F)c2)ccc1O. The summed E-state index contributed by atoms with van der Waals surface area (Å²) in [6.07, 6.45) is 2.65. The predicted molar refractivity (Wildman–Crippen MR) is 55.3 cm³/mol. The summed E-state index contributed by atoms with van der Waals surface area (Å²) in [5, 5.41) is 12.9. The Bertz CT molecular complexity index is 508. The fraction of sp³-hybridized carbons (Fsp3) is 0.182. The van der Waals surface area contributed by atoms with Crippen molar-refractivity contribution in [3.63, 3.8) is 0 Å². The van der Waals surface area contributed by atoms with Gasteiger partial charge in [0.15, 0.2) is 0 Å². The molecule has 1 aromatic heterocycles. The van der Waals surface area contributed by atoms with Gasteiger partial charge in [0.1, 0.15) is 5.75 Å². The van der Waals surface area contributed by atoms with Crippen molar-refractivity contribution in [1.82, 2.24) is 9.78 Å². The zero-order valence-electron chi connectivity index (χ0n) is 8.56. The number of hydrogen-bond donors (Lipinski definition) is 1. The molecule has 0 fully saturated rings. The van der Waals surface area contributed by atoms with Crippen molar-refractivity contribution in [2.75, 3.05) is 0 Å². The fourth-order valence-corrected chi connectivity index (χ4v) is 1.43. The number of aryl methyl sites for hydroxylation is 1. The minimum absolute atomic E-state index is 0.185. The van der Waals surface area contributed by atoms with Crippen LogP contribution in [0, 0.1) is 6.92 Å². The van der Waals surface area contributed by atoms with Gasteiger partial charge in [-0.05, 0) is 30.2 Å². The minimum atomic E-state index is -2.63. The lowest BCUT2D eigenvalue weighted by Gasteiger charge is -2.01. The molecular weight excluding hydrogens is 214 g/mol. The van der Waals surface area contributed by atoms with E-state index in [1.54, 1.807) is 19.1 Å². The van der Waals surface area contributed by atoms with Crippen LogP contribution >= 0.6 is 0 Å². The van der Waals surface area contributed by atoms with Crippen molar-refractivity contribution in [3.8, 4) is 16.9 Å². The summed E-state index contributed by atoms with van der Waals surface area (Å²) >= 11 is 0. The highest BCUT2D eigenvalue weighted by Gasteiger charge is 2.09. The van der Waals surface area contributed by atoms with E-state index in [2.05, 4.69) is 5.10 Å². The number of rotatable bonds is 2. The molecule has 1 heterocycles. The van der Waals surface area contributed by atoms with Crippen LogP contribution in [0.5, 0.6) is 5.75 Å². The fourth-order valence-electron chi connectivity index (χ4n) is 1.43. The number of hydrogen-bond acceptors (Lipinski definition) is 2. The Kier molecular flexibility index (Phi) is 2.60. The highest BCUT2D eigenvalue weighted by atomic mass is 19.3. The standard InChI is InChI=1S/C11H10F2N2O/c1-7-4-8(2-3-10(7)16)9-5-14-15(6-9)11(12)13/h2-6,11,16H,1H3. The molecule has 16 heavy (non-hydrogen) atoms. The quantitative estimate of drug-likeness (QED) is 0.851. The summed E-state index contributed by atoms with van der Waals surface area (Å²) in [6, 6.07) is 4.92. The number of benzene rings is 1. The number of aromatic nitrogens is 2. The largest absolute Gasteiger partial charge is 0.508 e. The molecule has 0 aliphatic rings.